The molecule has 8 heteroatoms. The van der Waals surface area contributed by atoms with Gasteiger partial charge < -0.3 is 10.6 Å². The van der Waals surface area contributed by atoms with Gasteiger partial charge in [-0.25, -0.2) is 0 Å². The summed E-state index contributed by atoms with van der Waals surface area (Å²) in [7, 11) is 0. The molecule has 0 spiro atoms. The number of nitrogens with zero attached hydrogens (tertiary/aromatic N) is 2. The van der Waals surface area contributed by atoms with Crippen LogP contribution >= 0.6 is 47.0 Å². The highest BCUT2D eigenvalue weighted by molar-refractivity contribution is 7.80. The smallest absolute Gasteiger partial charge is 0.175 e. The number of aromatic nitrogens is 2. The zero-order valence-corrected chi connectivity index (χ0v) is 18.7. The van der Waals surface area contributed by atoms with Crippen molar-refractivity contribution in [2.24, 2.45) is 0 Å². The molecule has 0 fully saturated rings. The van der Waals surface area contributed by atoms with Gasteiger partial charge in [0.1, 0.15) is 0 Å². The minimum atomic E-state index is 0.477. The summed E-state index contributed by atoms with van der Waals surface area (Å²) in [5, 5.41) is 13.3. The van der Waals surface area contributed by atoms with E-state index >= 15 is 0 Å². The fraction of sp³-hybridized carbons (Fsp3) is 0.200. The molecular formula is C20H19Cl3N4S. The Balaban J connectivity index is 1.76. The van der Waals surface area contributed by atoms with Crippen LogP contribution in [0.4, 0.5) is 11.4 Å². The quantitative estimate of drug-likeness (QED) is 0.435. The van der Waals surface area contributed by atoms with Gasteiger partial charge in [0, 0.05) is 10.7 Å². The molecular weight excluding hydrogens is 435 g/mol. The number of hydrogen-bond donors (Lipinski definition) is 2. The van der Waals surface area contributed by atoms with Crippen LogP contribution in [0.25, 0.3) is 0 Å². The highest BCUT2D eigenvalue weighted by Crippen LogP contribution is 2.25. The SMILES string of the molecule is Cc1ccc(Cl)cc1NC(=S)Nc1c(C)nn(Cc2ccc(Cl)c(Cl)c2)c1C. The second-order valence-corrected chi connectivity index (χ2v) is 8.15. The van der Waals surface area contributed by atoms with Crippen LogP contribution in [0.3, 0.4) is 0 Å². The first-order valence-electron chi connectivity index (χ1n) is 8.56. The fourth-order valence-corrected chi connectivity index (χ4v) is 3.54. The molecule has 146 valence electrons. The molecule has 0 saturated heterocycles. The minimum absolute atomic E-state index is 0.477. The molecule has 1 heterocycles. The highest BCUT2D eigenvalue weighted by Gasteiger charge is 2.14. The number of hydrogen-bond acceptors (Lipinski definition) is 2. The summed E-state index contributed by atoms with van der Waals surface area (Å²) >= 11 is 23.7. The number of anilines is 2. The molecule has 4 nitrogen and oxygen atoms in total. The van der Waals surface area contributed by atoms with Crippen LogP contribution in [0.15, 0.2) is 36.4 Å². The van der Waals surface area contributed by atoms with E-state index in [1.807, 2.05) is 55.8 Å². The summed E-state index contributed by atoms with van der Waals surface area (Å²) in [6.45, 7) is 6.51. The number of aryl methyl sites for hydroxylation is 2. The van der Waals surface area contributed by atoms with Crippen molar-refractivity contribution in [3.05, 3.63) is 74.0 Å². The lowest BCUT2D eigenvalue weighted by Crippen LogP contribution is -2.20. The van der Waals surface area contributed by atoms with Crippen LogP contribution in [-0.2, 0) is 6.54 Å². The van der Waals surface area contributed by atoms with Crippen molar-refractivity contribution in [3.8, 4) is 0 Å². The third kappa shape index (κ3) is 4.78. The maximum atomic E-state index is 6.12. The van der Waals surface area contributed by atoms with Gasteiger partial charge in [-0.2, -0.15) is 5.10 Å². The number of halogens is 3. The van der Waals surface area contributed by atoms with E-state index in [0.717, 1.165) is 33.9 Å². The molecule has 0 saturated carbocycles. The Bertz CT molecular complexity index is 1050. The lowest BCUT2D eigenvalue weighted by Gasteiger charge is -2.13. The summed E-state index contributed by atoms with van der Waals surface area (Å²) in [6, 6.07) is 11.2. The van der Waals surface area contributed by atoms with E-state index in [0.29, 0.717) is 26.7 Å². The van der Waals surface area contributed by atoms with Gasteiger partial charge in [-0.05, 0) is 68.4 Å². The van der Waals surface area contributed by atoms with Crippen molar-refractivity contribution >= 4 is 63.5 Å². The van der Waals surface area contributed by atoms with E-state index in [1.54, 1.807) is 6.07 Å². The Kier molecular flexibility index (Phi) is 6.50. The van der Waals surface area contributed by atoms with E-state index in [2.05, 4.69) is 15.7 Å². The summed E-state index contributed by atoms with van der Waals surface area (Å²) in [5.74, 6) is 0. The number of rotatable bonds is 4. The van der Waals surface area contributed by atoms with Crippen molar-refractivity contribution < 1.29 is 0 Å². The predicted molar refractivity (Wildman–Crippen MR) is 123 cm³/mol. The molecule has 0 aliphatic rings. The fourth-order valence-electron chi connectivity index (χ4n) is 2.84. The van der Waals surface area contributed by atoms with Crippen LogP contribution in [0, 0.1) is 20.8 Å². The van der Waals surface area contributed by atoms with Crippen molar-refractivity contribution in [1.29, 1.82) is 0 Å². The lowest BCUT2D eigenvalue weighted by molar-refractivity contribution is 0.659. The van der Waals surface area contributed by atoms with Gasteiger partial charge in [-0.1, -0.05) is 46.9 Å². The average Bonchev–Trinajstić information content (AvgIpc) is 2.89. The normalized spacial score (nSPS) is 10.8. The molecule has 0 aliphatic carbocycles. The zero-order chi connectivity index (χ0) is 20.4. The largest absolute Gasteiger partial charge is 0.332 e. The topological polar surface area (TPSA) is 41.9 Å². The minimum Gasteiger partial charge on any atom is -0.332 e. The Morgan fingerprint density at radius 1 is 1.00 bits per heavy atom. The lowest BCUT2D eigenvalue weighted by atomic mass is 10.2. The van der Waals surface area contributed by atoms with Gasteiger partial charge in [0.2, 0.25) is 0 Å². The van der Waals surface area contributed by atoms with Crippen molar-refractivity contribution in [2.45, 2.75) is 27.3 Å². The van der Waals surface area contributed by atoms with Crippen LogP contribution in [0.2, 0.25) is 15.1 Å². The molecule has 28 heavy (non-hydrogen) atoms. The van der Waals surface area contributed by atoms with Crippen molar-refractivity contribution in [1.82, 2.24) is 9.78 Å². The monoisotopic (exact) mass is 452 g/mol. The van der Waals surface area contributed by atoms with E-state index < -0.39 is 0 Å². The first-order chi connectivity index (χ1) is 13.2. The van der Waals surface area contributed by atoms with Gasteiger partial charge >= 0.3 is 0 Å². The molecule has 0 bridgehead atoms. The second kappa shape index (κ2) is 8.70. The van der Waals surface area contributed by atoms with Gasteiger partial charge in [0.25, 0.3) is 0 Å². The van der Waals surface area contributed by atoms with Gasteiger partial charge in [-0.3, -0.25) is 4.68 Å². The maximum Gasteiger partial charge on any atom is 0.175 e. The molecule has 0 radical (unpaired) electrons. The number of benzene rings is 2. The standard InChI is InChI=1S/C20H19Cl3N4S/c1-11-4-6-15(21)9-18(11)24-20(28)25-19-12(2)26-27(13(19)3)10-14-5-7-16(22)17(23)8-14/h4-9H,10H2,1-3H3,(H2,24,25,28). The van der Waals surface area contributed by atoms with E-state index in [1.165, 1.54) is 0 Å². The first kappa shape index (κ1) is 20.9. The Morgan fingerprint density at radius 3 is 2.46 bits per heavy atom. The molecule has 2 aromatic carbocycles. The van der Waals surface area contributed by atoms with Crippen molar-refractivity contribution in [2.75, 3.05) is 10.6 Å². The molecule has 0 aliphatic heterocycles. The summed E-state index contributed by atoms with van der Waals surface area (Å²) in [4.78, 5) is 0. The summed E-state index contributed by atoms with van der Waals surface area (Å²) in [6.07, 6.45) is 0. The van der Waals surface area contributed by atoms with Gasteiger partial charge in [0.15, 0.2) is 5.11 Å². The Hall–Kier alpha value is -1.79. The third-order valence-corrected chi connectivity index (χ3v) is 5.56. The summed E-state index contributed by atoms with van der Waals surface area (Å²) in [5.41, 5.74) is 5.62. The number of thiocarbonyl (C=S) groups is 1. The van der Waals surface area contributed by atoms with E-state index in [9.17, 15) is 0 Å². The number of nitrogens with one attached hydrogen (secondary N) is 2. The molecule has 3 aromatic rings. The van der Waals surface area contributed by atoms with Gasteiger partial charge in [0.05, 0.1) is 33.7 Å². The molecule has 0 unspecified atom stereocenters. The van der Waals surface area contributed by atoms with Crippen LogP contribution < -0.4 is 10.6 Å². The second-order valence-electron chi connectivity index (χ2n) is 6.49. The van der Waals surface area contributed by atoms with Crippen LogP contribution in [-0.4, -0.2) is 14.9 Å². The highest BCUT2D eigenvalue weighted by atomic mass is 35.5. The van der Waals surface area contributed by atoms with E-state index in [4.69, 9.17) is 47.0 Å². The molecule has 3 rings (SSSR count). The Labute approximate surface area is 184 Å². The molecule has 1 aromatic heterocycles. The molecule has 0 atom stereocenters. The average molecular weight is 454 g/mol. The van der Waals surface area contributed by atoms with Crippen molar-refractivity contribution in [3.63, 3.8) is 0 Å². The molecule has 2 N–H and O–H groups in total. The summed E-state index contributed by atoms with van der Waals surface area (Å²) < 4.78 is 1.91. The maximum absolute atomic E-state index is 6.12. The predicted octanol–water partition coefficient (Wildman–Crippen LogP) is 6.63. The Morgan fingerprint density at radius 2 is 1.75 bits per heavy atom. The van der Waals surface area contributed by atoms with Crippen LogP contribution in [0.5, 0.6) is 0 Å². The zero-order valence-electron chi connectivity index (χ0n) is 15.6. The van der Waals surface area contributed by atoms with Gasteiger partial charge in [-0.15, -0.1) is 0 Å². The molecule has 0 amide bonds. The first-order valence-corrected chi connectivity index (χ1v) is 10.1. The van der Waals surface area contributed by atoms with E-state index in [-0.39, 0.29) is 0 Å². The van der Waals surface area contributed by atoms with Crippen LogP contribution in [0.1, 0.15) is 22.5 Å². The third-order valence-electron chi connectivity index (χ3n) is 4.38.